The predicted octanol–water partition coefficient (Wildman–Crippen LogP) is 2.18. The molecule has 0 bridgehead atoms. The van der Waals surface area contributed by atoms with E-state index in [4.69, 9.17) is 10.2 Å². The average Bonchev–Trinajstić information content (AvgIpc) is 2.55. The fourth-order valence-electron chi connectivity index (χ4n) is 1.90. The van der Waals surface area contributed by atoms with E-state index in [1.807, 2.05) is 32.0 Å². The van der Waals surface area contributed by atoms with E-state index in [0.29, 0.717) is 5.58 Å². The van der Waals surface area contributed by atoms with Crippen LogP contribution in [0.2, 0.25) is 0 Å². The molecule has 1 aromatic heterocycles. The van der Waals surface area contributed by atoms with Crippen LogP contribution in [0.4, 0.5) is 0 Å². The first kappa shape index (κ1) is 11.9. The van der Waals surface area contributed by atoms with E-state index in [1.165, 1.54) is 5.56 Å². The fraction of sp³-hybridized carbons (Fsp3) is 0.462. The molecule has 0 atom stereocenters. The highest BCUT2D eigenvalue weighted by Crippen LogP contribution is 2.16. The summed E-state index contributed by atoms with van der Waals surface area (Å²) < 4.78 is 4.95. The SMILES string of the molecule is CC(C)(N)CCCc1ccc2oc(=O)[nH]c2c1. The van der Waals surface area contributed by atoms with Gasteiger partial charge >= 0.3 is 5.76 Å². The standard InChI is InChI=1S/C13H18N2O2/c1-13(2,14)7-3-4-9-5-6-11-10(8-9)15-12(16)17-11/h5-6,8H,3-4,7,14H2,1-2H3,(H,15,16). The van der Waals surface area contributed by atoms with Gasteiger partial charge in [-0.05, 0) is 50.8 Å². The highest BCUT2D eigenvalue weighted by atomic mass is 16.4. The first-order valence-corrected chi connectivity index (χ1v) is 5.85. The van der Waals surface area contributed by atoms with Crippen molar-refractivity contribution in [1.29, 1.82) is 0 Å². The Morgan fingerprint density at radius 2 is 2.18 bits per heavy atom. The quantitative estimate of drug-likeness (QED) is 0.851. The molecule has 4 heteroatoms. The molecular weight excluding hydrogens is 216 g/mol. The molecule has 1 heterocycles. The molecule has 2 rings (SSSR count). The molecule has 2 aromatic rings. The number of H-pyrrole nitrogens is 1. The molecular formula is C13H18N2O2. The fourth-order valence-corrected chi connectivity index (χ4v) is 1.90. The molecule has 0 amide bonds. The van der Waals surface area contributed by atoms with Gasteiger partial charge in [-0.3, -0.25) is 4.98 Å². The Kier molecular flexibility index (Phi) is 3.07. The number of oxazole rings is 1. The topological polar surface area (TPSA) is 72.0 Å². The minimum Gasteiger partial charge on any atom is -0.408 e. The summed E-state index contributed by atoms with van der Waals surface area (Å²) in [4.78, 5) is 13.7. The lowest BCUT2D eigenvalue weighted by Crippen LogP contribution is -2.31. The molecule has 0 aliphatic heterocycles. The third kappa shape index (κ3) is 3.20. The first-order chi connectivity index (χ1) is 7.94. The number of aromatic amines is 1. The Balaban J connectivity index is 2.06. The summed E-state index contributed by atoms with van der Waals surface area (Å²) in [5.74, 6) is -0.403. The molecule has 0 aliphatic rings. The van der Waals surface area contributed by atoms with Crippen LogP contribution in [0, 0.1) is 0 Å². The maximum absolute atomic E-state index is 11.0. The van der Waals surface area contributed by atoms with Crippen molar-refractivity contribution < 1.29 is 4.42 Å². The Morgan fingerprint density at radius 3 is 2.88 bits per heavy atom. The maximum atomic E-state index is 11.0. The lowest BCUT2D eigenvalue weighted by molar-refractivity contribution is 0.459. The highest BCUT2D eigenvalue weighted by molar-refractivity contribution is 5.72. The van der Waals surface area contributed by atoms with Crippen LogP contribution in [-0.4, -0.2) is 10.5 Å². The molecule has 0 saturated heterocycles. The second kappa shape index (κ2) is 4.37. The normalized spacial score (nSPS) is 12.2. The molecule has 4 nitrogen and oxygen atoms in total. The van der Waals surface area contributed by atoms with Crippen molar-refractivity contribution in [3.05, 3.63) is 34.3 Å². The zero-order valence-corrected chi connectivity index (χ0v) is 10.2. The second-order valence-corrected chi connectivity index (χ2v) is 5.19. The average molecular weight is 234 g/mol. The van der Waals surface area contributed by atoms with Gasteiger partial charge in [0.05, 0.1) is 5.52 Å². The zero-order valence-electron chi connectivity index (χ0n) is 10.2. The minimum atomic E-state index is -0.403. The van der Waals surface area contributed by atoms with E-state index in [2.05, 4.69) is 4.98 Å². The van der Waals surface area contributed by atoms with Gasteiger partial charge in [-0.1, -0.05) is 6.07 Å². The number of hydrogen-bond acceptors (Lipinski definition) is 3. The summed E-state index contributed by atoms with van der Waals surface area (Å²) >= 11 is 0. The lowest BCUT2D eigenvalue weighted by Gasteiger charge is -2.17. The van der Waals surface area contributed by atoms with Gasteiger partial charge in [0.2, 0.25) is 0 Å². The van der Waals surface area contributed by atoms with E-state index < -0.39 is 5.76 Å². The number of aromatic nitrogens is 1. The van der Waals surface area contributed by atoms with Gasteiger partial charge < -0.3 is 10.2 Å². The summed E-state index contributed by atoms with van der Waals surface area (Å²) in [5, 5.41) is 0. The van der Waals surface area contributed by atoms with Crippen molar-refractivity contribution in [3.63, 3.8) is 0 Å². The molecule has 17 heavy (non-hydrogen) atoms. The third-order valence-electron chi connectivity index (χ3n) is 2.77. The summed E-state index contributed by atoms with van der Waals surface area (Å²) in [5.41, 5.74) is 8.38. The Bertz CT molecular complexity index is 561. The summed E-state index contributed by atoms with van der Waals surface area (Å²) in [6.07, 6.45) is 2.98. The Hall–Kier alpha value is -1.55. The van der Waals surface area contributed by atoms with E-state index >= 15 is 0 Å². The summed E-state index contributed by atoms with van der Waals surface area (Å²) in [7, 11) is 0. The molecule has 0 radical (unpaired) electrons. The number of hydrogen-bond donors (Lipinski definition) is 2. The van der Waals surface area contributed by atoms with Crippen molar-refractivity contribution in [2.45, 2.75) is 38.6 Å². The number of benzene rings is 1. The van der Waals surface area contributed by atoms with Crippen LogP contribution in [0.3, 0.4) is 0 Å². The van der Waals surface area contributed by atoms with Crippen LogP contribution in [0.25, 0.3) is 11.1 Å². The van der Waals surface area contributed by atoms with Gasteiger partial charge in [-0.25, -0.2) is 4.79 Å². The molecule has 1 aromatic carbocycles. The molecule has 0 spiro atoms. The van der Waals surface area contributed by atoms with Gasteiger partial charge in [0, 0.05) is 5.54 Å². The maximum Gasteiger partial charge on any atom is 0.417 e. The van der Waals surface area contributed by atoms with Crippen molar-refractivity contribution in [2.75, 3.05) is 0 Å². The number of nitrogens with one attached hydrogen (secondary N) is 1. The molecule has 92 valence electrons. The van der Waals surface area contributed by atoms with Crippen LogP contribution in [0.1, 0.15) is 32.3 Å². The van der Waals surface area contributed by atoms with Crippen LogP contribution in [0.5, 0.6) is 0 Å². The van der Waals surface area contributed by atoms with Crippen LogP contribution in [-0.2, 0) is 6.42 Å². The number of nitrogens with two attached hydrogens (primary N) is 1. The largest absolute Gasteiger partial charge is 0.417 e. The third-order valence-corrected chi connectivity index (χ3v) is 2.77. The van der Waals surface area contributed by atoms with Crippen LogP contribution in [0.15, 0.2) is 27.4 Å². The van der Waals surface area contributed by atoms with E-state index in [0.717, 1.165) is 24.8 Å². The van der Waals surface area contributed by atoms with Crippen LogP contribution < -0.4 is 11.5 Å². The van der Waals surface area contributed by atoms with Gasteiger partial charge in [0.15, 0.2) is 5.58 Å². The summed E-state index contributed by atoms with van der Waals surface area (Å²) in [6, 6.07) is 5.78. The highest BCUT2D eigenvalue weighted by Gasteiger charge is 2.10. The molecule has 3 N–H and O–H groups in total. The van der Waals surface area contributed by atoms with E-state index in [1.54, 1.807) is 0 Å². The predicted molar refractivity (Wildman–Crippen MR) is 68.0 cm³/mol. The van der Waals surface area contributed by atoms with Crippen molar-refractivity contribution in [3.8, 4) is 0 Å². The van der Waals surface area contributed by atoms with Gasteiger partial charge in [-0.15, -0.1) is 0 Å². The summed E-state index contributed by atoms with van der Waals surface area (Å²) in [6.45, 7) is 4.06. The number of fused-ring (bicyclic) bond motifs is 1. The van der Waals surface area contributed by atoms with Crippen LogP contribution >= 0.6 is 0 Å². The minimum absolute atomic E-state index is 0.117. The Morgan fingerprint density at radius 1 is 1.41 bits per heavy atom. The number of aryl methyl sites for hydroxylation is 1. The van der Waals surface area contributed by atoms with Gasteiger partial charge in [-0.2, -0.15) is 0 Å². The second-order valence-electron chi connectivity index (χ2n) is 5.19. The van der Waals surface area contributed by atoms with E-state index in [-0.39, 0.29) is 5.54 Å². The smallest absolute Gasteiger partial charge is 0.408 e. The molecule has 0 aliphatic carbocycles. The van der Waals surface area contributed by atoms with Crippen molar-refractivity contribution in [2.24, 2.45) is 5.73 Å². The van der Waals surface area contributed by atoms with Gasteiger partial charge in [0.1, 0.15) is 0 Å². The molecule has 0 fully saturated rings. The van der Waals surface area contributed by atoms with Crippen molar-refractivity contribution >= 4 is 11.1 Å². The monoisotopic (exact) mass is 234 g/mol. The number of rotatable bonds is 4. The first-order valence-electron chi connectivity index (χ1n) is 5.85. The van der Waals surface area contributed by atoms with E-state index in [9.17, 15) is 4.79 Å². The van der Waals surface area contributed by atoms with Crippen molar-refractivity contribution in [1.82, 2.24) is 4.98 Å². The Labute approximate surface area is 99.8 Å². The molecule has 0 unspecified atom stereocenters. The van der Waals surface area contributed by atoms with Gasteiger partial charge in [0.25, 0.3) is 0 Å². The zero-order chi connectivity index (χ0) is 12.5. The lowest BCUT2D eigenvalue weighted by atomic mass is 9.97. The molecule has 0 saturated carbocycles.